The number of carbonyl (C=O) groups excluding carboxylic acids is 1. The lowest BCUT2D eigenvalue weighted by molar-refractivity contribution is -0.131. The molecule has 0 atom stereocenters. The highest BCUT2D eigenvalue weighted by Gasteiger charge is 2.05. The van der Waals surface area contributed by atoms with E-state index in [0.717, 1.165) is 11.6 Å². The number of para-hydroxylation sites is 1. The summed E-state index contributed by atoms with van der Waals surface area (Å²) in [6, 6.07) is 16.5. The number of aliphatic carboxylic acids is 1. The Morgan fingerprint density at radius 1 is 1.04 bits per heavy atom. The average Bonchev–Trinajstić information content (AvgIpc) is 2.58. The van der Waals surface area contributed by atoms with E-state index in [-0.39, 0.29) is 12.5 Å². The molecule has 0 aromatic heterocycles. The number of amides is 1. The smallest absolute Gasteiger partial charge is 0.328 e. The first-order chi connectivity index (χ1) is 11.1. The van der Waals surface area contributed by atoms with Crippen molar-refractivity contribution in [2.75, 3.05) is 6.61 Å². The third kappa shape index (κ3) is 5.67. The summed E-state index contributed by atoms with van der Waals surface area (Å²) in [4.78, 5) is 22.4. The van der Waals surface area contributed by atoms with Gasteiger partial charge in [0.05, 0.1) is 0 Å². The van der Waals surface area contributed by atoms with Gasteiger partial charge in [0, 0.05) is 18.2 Å². The highest BCUT2D eigenvalue weighted by atomic mass is 16.5. The Bertz CT molecular complexity index is 695. The van der Waals surface area contributed by atoms with Crippen LogP contribution in [0.4, 0.5) is 0 Å². The Hall–Kier alpha value is -3.08. The average molecular weight is 311 g/mol. The maximum absolute atomic E-state index is 11.8. The summed E-state index contributed by atoms with van der Waals surface area (Å²) in [5, 5.41) is 11.4. The van der Waals surface area contributed by atoms with Crippen molar-refractivity contribution < 1.29 is 19.4 Å². The minimum atomic E-state index is -1.04. The SMILES string of the molecule is O=C(O)/C=C/c1ccccc1OCC(=O)NCc1ccccc1. The van der Waals surface area contributed by atoms with Gasteiger partial charge in [0.2, 0.25) is 0 Å². The molecule has 0 spiro atoms. The van der Waals surface area contributed by atoms with E-state index in [1.54, 1.807) is 24.3 Å². The maximum atomic E-state index is 11.8. The molecule has 5 heteroatoms. The number of carboxylic acids is 1. The van der Waals surface area contributed by atoms with E-state index < -0.39 is 5.97 Å². The van der Waals surface area contributed by atoms with E-state index in [1.807, 2.05) is 30.3 Å². The van der Waals surface area contributed by atoms with E-state index in [0.29, 0.717) is 17.9 Å². The number of rotatable bonds is 7. The van der Waals surface area contributed by atoms with Crippen LogP contribution in [0.1, 0.15) is 11.1 Å². The Balaban J connectivity index is 1.88. The summed E-state index contributed by atoms with van der Waals surface area (Å²) < 4.78 is 5.46. The summed E-state index contributed by atoms with van der Waals surface area (Å²) >= 11 is 0. The van der Waals surface area contributed by atoms with Gasteiger partial charge in [-0.3, -0.25) is 4.79 Å². The van der Waals surface area contributed by atoms with Crippen LogP contribution >= 0.6 is 0 Å². The Morgan fingerprint density at radius 3 is 2.48 bits per heavy atom. The van der Waals surface area contributed by atoms with Gasteiger partial charge in [-0.05, 0) is 17.7 Å². The Morgan fingerprint density at radius 2 is 1.74 bits per heavy atom. The van der Waals surface area contributed by atoms with Crippen LogP contribution in [0.5, 0.6) is 5.75 Å². The first-order valence-corrected chi connectivity index (χ1v) is 7.08. The predicted octanol–water partition coefficient (Wildman–Crippen LogP) is 2.48. The molecular formula is C18H17NO4. The molecule has 0 saturated carbocycles. The third-order valence-electron chi connectivity index (χ3n) is 3.02. The molecule has 23 heavy (non-hydrogen) atoms. The fraction of sp³-hybridized carbons (Fsp3) is 0.111. The van der Waals surface area contributed by atoms with E-state index in [1.165, 1.54) is 6.08 Å². The molecule has 0 heterocycles. The number of carboxylic acid groups (broad SMARTS) is 1. The van der Waals surface area contributed by atoms with E-state index in [9.17, 15) is 9.59 Å². The second-order valence-electron chi connectivity index (χ2n) is 4.76. The predicted molar refractivity (Wildman–Crippen MR) is 86.9 cm³/mol. The summed E-state index contributed by atoms with van der Waals surface area (Å²) in [6.45, 7) is 0.300. The summed E-state index contributed by atoms with van der Waals surface area (Å²) in [5.74, 6) is -0.828. The molecule has 118 valence electrons. The van der Waals surface area contributed by atoms with Crippen molar-refractivity contribution in [1.29, 1.82) is 0 Å². The van der Waals surface area contributed by atoms with Gasteiger partial charge in [-0.2, -0.15) is 0 Å². The fourth-order valence-corrected chi connectivity index (χ4v) is 1.90. The molecule has 0 aliphatic carbocycles. The molecule has 0 aliphatic rings. The second kappa shape index (κ2) is 8.38. The minimum absolute atomic E-state index is 0.134. The molecule has 2 aromatic rings. The van der Waals surface area contributed by atoms with E-state index in [4.69, 9.17) is 9.84 Å². The highest BCUT2D eigenvalue weighted by molar-refractivity contribution is 5.86. The standard InChI is InChI=1S/C18H17NO4/c20-17(19-12-14-6-2-1-3-7-14)13-23-16-9-5-4-8-15(16)10-11-18(21)22/h1-11H,12-13H2,(H,19,20)(H,21,22)/b11-10+. The van der Waals surface area contributed by atoms with Gasteiger partial charge in [-0.15, -0.1) is 0 Å². The number of hydrogen-bond acceptors (Lipinski definition) is 3. The van der Waals surface area contributed by atoms with Gasteiger partial charge >= 0.3 is 5.97 Å². The second-order valence-corrected chi connectivity index (χ2v) is 4.76. The lowest BCUT2D eigenvalue weighted by Crippen LogP contribution is -2.28. The van der Waals surface area contributed by atoms with Crippen molar-refractivity contribution in [3.8, 4) is 5.75 Å². The van der Waals surface area contributed by atoms with Crippen LogP contribution < -0.4 is 10.1 Å². The molecule has 2 rings (SSSR count). The van der Waals surface area contributed by atoms with Crippen LogP contribution in [0.3, 0.4) is 0 Å². The van der Waals surface area contributed by atoms with Gasteiger partial charge in [0.15, 0.2) is 6.61 Å². The van der Waals surface area contributed by atoms with Crippen molar-refractivity contribution in [2.24, 2.45) is 0 Å². The topological polar surface area (TPSA) is 75.6 Å². The summed E-state index contributed by atoms with van der Waals surface area (Å²) in [5.41, 5.74) is 1.61. The number of nitrogens with one attached hydrogen (secondary N) is 1. The number of ether oxygens (including phenoxy) is 1. The van der Waals surface area contributed by atoms with E-state index in [2.05, 4.69) is 5.32 Å². The first kappa shape index (κ1) is 16.3. The Labute approximate surface area is 134 Å². The molecule has 5 nitrogen and oxygen atoms in total. The molecule has 1 amide bonds. The van der Waals surface area contributed by atoms with Crippen molar-refractivity contribution in [2.45, 2.75) is 6.54 Å². The van der Waals surface area contributed by atoms with Gasteiger partial charge in [-0.25, -0.2) is 4.79 Å². The molecule has 0 bridgehead atoms. The molecule has 0 radical (unpaired) electrons. The van der Waals surface area contributed by atoms with Crippen LogP contribution in [0.25, 0.3) is 6.08 Å². The minimum Gasteiger partial charge on any atom is -0.483 e. The molecule has 0 fully saturated rings. The zero-order valence-corrected chi connectivity index (χ0v) is 12.4. The van der Waals surface area contributed by atoms with Crippen LogP contribution in [0.15, 0.2) is 60.7 Å². The first-order valence-electron chi connectivity index (χ1n) is 7.08. The van der Waals surface area contributed by atoms with Crippen LogP contribution in [-0.2, 0) is 16.1 Å². The fourth-order valence-electron chi connectivity index (χ4n) is 1.90. The maximum Gasteiger partial charge on any atom is 0.328 e. The van der Waals surface area contributed by atoms with Gasteiger partial charge in [0.1, 0.15) is 5.75 Å². The largest absolute Gasteiger partial charge is 0.483 e. The normalized spacial score (nSPS) is 10.4. The molecule has 0 aliphatic heterocycles. The van der Waals surface area contributed by atoms with Gasteiger partial charge in [-0.1, -0.05) is 48.5 Å². The molecular weight excluding hydrogens is 294 g/mol. The van der Waals surface area contributed by atoms with Crippen LogP contribution in [0, 0.1) is 0 Å². The highest BCUT2D eigenvalue weighted by Crippen LogP contribution is 2.19. The molecule has 2 aromatic carbocycles. The van der Waals surface area contributed by atoms with Crippen molar-refractivity contribution in [3.05, 3.63) is 71.8 Å². The third-order valence-corrected chi connectivity index (χ3v) is 3.02. The zero-order valence-electron chi connectivity index (χ0n) is 12.4. The number of benzene rings is 2. The quantitative estimate of drug-likeness (QED) is 0.770. The molecule has 0 unspecified atom stereocenters. The number of hydrogen-bond donors (Lipinski definition) is 2. The number of carbonyl (C=O) groups is 2. The van der Waals surface area contributed by atoms with Crippen molar-refractivity contribution in [3.63, 3.8) is 0 Å². The monoisotopic (exact) mass is 311 g/mol. The van der Waals surface area contributed by atoms with Gasteiger partial charge < -0.3 is 15.2 Å². The Kier molecular flexibility index (Phi) is 5.94. The summed E-state index contributed by atoms with van der Waals surface area (Å²) in [7, 11) is 0. The molecule has 0 saturated heterocycles. The van der Waals surface area contributed by atoms with Crippen LogP contribution in [-0.4, -0.2) is 23.6 Å². The summed E-state index contributed by atoms with van der Waals surface area (Å²) in [6.07, 6.45) is 2.46. The van der Waals surface area contributed by atoms with Gasteiger partial charge in [0.25, 0.3) is 5.91 Å². The van der Waals surface area contributed by atoms with Crippen molar-refractivity contribution >= 4 is 18.0 Å². The van der Waals surface area contributed by atoms with Crippen LogP contribution in [0.2, 0.25) is 0 Å². The van der Waals surface area contributed by atoms with Crippen molar-refractivity contribution in [1.82, 2.24) is 5.32 Å². The zero-order chi connectivity index (χ0) is 16.5. The lowest BCUT2D eigenvalue weighted by Gasteiger charge is -2.09. The lowest BCUT2D eigenvalue weighted by atomic mass is 10.2. The van der Waals surface area contributed by atoms with E-state index >= 15 is 0 Å². The molecule has 2 N–H and O–H groups in total.